The van der Waals surface area contributed by atoms with Crippen LogP contribution in [0.15, 0.2) is 24.3 Å². The van der Waals surface area contributed by atoms with Gasteiger partial charge in [0.25, 0.3) is 0 Å². The Balaban J connectivity index is 1.66. The third kappa shape index (κ3) is 3.29. The molecule has 5 atom stereocenters. The smallest absolute Gasteiger partial charge is 0.248 e. The van der Waals surface area contributed by atoms with Gasteiger partial charge in [-0.05, 0) is 31.4 Å². The van der Waals surface area contributed by atoms with E-state index in [2.05, 4.69) is 10.6 Å². The first kappa shape index (κ1) is 21.5. The van der Waals surface area contributed by atoms with Gasteiger partial charge in [0.15, 0.2) is 0 Å². The normalized spacial score (nSPS) is 31.7. The van der Waals surface area contributed by atoms with Crippen molar-refractivity contribution in [3.8, 4) is 0 Å². The Morgan fingerprint density at radius 3 is 2.80 bits per heavy atom. The highest BCUT2D eigenvalue weighted by Crippen LogP contribution is 2.66. The highest BCUT2D eigenvalue weighted by atomic mass is 35.5. The minimum Gasteiger partial charge on any atom is -0.395 e. The molecule has 2 unspecified atom stereocenters. The predicted octanol–water partition coefficient (Wildman–Crippen LogP) is 1.89. The standard InChI is InChI=1S/C21H26ClN3O4S/c1-2-9-23-18(27)15-14-7-8-21(30-14)16(15)20(29)25(10-11-26)17(21)19(28)24-13-6-4-3-5-12(13)22/h3-6,14-17,26H,2,7-11H2,1H3,(H,23,27)(H,24,28)/t14-,15+,16-,17?,21?/m0/s1. The lowest BCUT2D eigenvalue weighted by Crippen LogP contribution is -2.52. The Bertz CT molecular complexity index is 868. The Morgan fingerprint density at radius 1 is 1.33 bits per heavy atom. The zero-order valence-electron chi connectivity index (χ0n) is 16.8. The van der Waals surface area contributed by atoms with Crippen molar-refractivity contribution in [1.82, 2.24) is 10.2 Å². The van der Waals surface area contributed by atoms with Crippen LogP contribution in [0.3, 0.4) is 0 Å². The van der Waals surface area contributed by atoms with Gasteiger partial charge in [0.2, 0.25) is 17.7 Å². The first-order valence-corrected chi connectivity index (χ1v) is 11.6. The molecule has 0 saturated carbocycles. The number of benzene rings is 1. The van der Waals surface area contributed by atoms with Gasteiger partial charge in [0.05, 0.1) is 33.9 Å². The fraction of sp³-hybridized carbons (Fsp3) is 0.571. The van der Waals surface area contributed by atoms with E-state index in [1.807, 2.05) is 6.92 Å². The lowest BCUT2D eigenvalue weighted by molar-refractivity contribution is -0.139. The summed E-state index contributed by atoms with van der Waals surface area (Å²) in [5.74, 6) is -1.64. The van der Waals surface area contributed by atoms with Gasteiger partial charge in [-0.1, -0.05) is 30.7 Å². The van der Waals surface area contributed by atoms with E-state index < -0.39 is 22.6 Å². The van der Waals surface area contributed by atoms with Crippen molar-refractivity contribution in [2.45, 2.75) is 42.2 Å². The molecule has 3 amide bonds. The first-order chi connectivity index (χ1) is 14.4. The Labute approximate surface area is 184 Å². The molecule has 1 aromatic rings. The Hall–Kier alpha value is -1.77. The maximum Gasteiger partial charge on any atom is 0.248 e. The maximum atomic E-state index is 13.4. The number of nitrogens with zero attached hydrogens (tertiary/aromatic N) is 1. The predicted molar refractivity (Wildman–Crippen MR) is 116 cm³/mol. The zero-order chi connectivity index (χ0) is 21.5. The summed E-state index contributed by atoms with van der Waals surface area (Å²) < 4.78 is -0.656. The van der Waals surface area contributed by atoms with Crippen molar-refractivity contribution >= 4 is 46.8 Å². The van der Waals surface area contributed by atoms with Gasteiger partial charge in [0.1, 0.15) is 6.04 Å². The number of anilines is 1. The van der Waals surface area contributed by atoms with E-state index in [1.54, 1.807) is 36.0 Å². The molecule has 0 radical (unpaired) electrons. The average molecular weight is 452 g/mol. The molecule has 7 nitrogen and oxygen atoms in total. The summed E-state index contributed by atoms with van der Waals surface area (Å²) in [5.41, 5.74) is 0.482. The number of hydrogen-bond acceptors (Lipinski definition) is 5. The number of amides is 3. The summed E-state index contributed by atoms with van der Waals surface area (Å²) in [4.78, 5) is 41.2. The molecule has 1 spiro atoms. The summed E-state index contributed by atoms with van der Waals surface area (Å²) in [6, 6.07) is 6.20. The summed E-state index contributed by atoms with van der Waals surface area (Å²) in [6.07, 6.45) is 2.31. The van der Waals surface area contributed by atoms with Gasteiger partial charge in [0, 0.05) is 18.3 Å². The molecule has 3 aliphatic rings. The molecular weight excluding hydrogens is 426 g/mol. The minimum absolute atomic E-state index is 0.0303. The summed E-state index contributed by atoms with van der Waals surface area (Å²) >= 11 is 7.81. The van der Waals surface area contributed by atoms with Crippen molar-refractivity contribution in [2.24, 2.45) is 11.8 Å². The molecule has 3 aliphatic heterocycles. The average Bonchev–Trinajstić information content (AvgIpc) is 3.36. The number of carbonyl (C=O) groups excluding carboxylic acids is 3. The van der Waals surface area contributed by atoms with E-state index in [0.717, 1.165) is 12.8 Å². The van der Waals surface area contributed by atoms with Crippen LogP contribution in [0.4, 0.5) is 5.69 Å². The zero-order valence-corrected chi connectivity index (χ0v) is 18.3. The molecule has 4 rings (SSSR count). The number of para-hydroxylation sites is 1. The van der Waals surface area contributed by atoms with E-state index in [4.69, 9.17) is 11.6 Å². The largest absolute Gasteiger partial charge is 0.395 e. The van der Waals surface area contributed by atoms with E-state index in [1.165, 1.54) is 4.90 Å². The molecule has 0 aliphatic carbocycles. The number of hydrogen-bond donors (Lipinski definition) is 3. The number of nitrogens with one attached hydrogen (secondary N) is 2. The molecule has 0 aromatic heterocycles. The van der Waals surface area contributed by atoms with E-state index in [-0.39, 0.29) is 36.1 Å². The number of aliphatic hydroxyl groups excluding tert-OH is 1. The third-order valence-corrected chi connectivity index (χ3v) is 8.65. The number of thioether (sulfide) groups is 1. The van der Waals surface area contributed by atoms with Crippen molar-refractivity contribution < 1.29 is 19.5 Å². The van der Waals surface area contributed by atoms with Gasteiger partial charge in [-0.2, -0.15) is 0 Å². The van der Waals surface area contributed by atoms with Crippen LogP contribution < -0.4 is 10.6 Å². The van der Waals surface area contributed by atoms with Crippen molar-refractivity contribution in [2.75, 3.05) is 25.0 Å². The monoisotopic (exact) mass is 451 g/mol. The molecule has 3 heterocycles. The lowest BCUT2D eigenvalue weighted by atomic mass is 9.70. The molecule has 162 valence electrons. The van der Waals surface area contributed by atoms with Gasteiger partial charge >= 0.3 is 0 Å². The van der Waals surface area contributed by atoms with Crippen LogP contribution in [0.1, 0.15) is 26.2 Å². The van der Waals surface area contributed by atoms with Crippen LogP contribution in [0.2, 0.25) is 5.02 Å². The molecule has 1 aromatic carbocycles. The molecule has 3 fully saturated rings. The van der Waals surface area contributed by atoms with Crippen LogP contribution in [-0.2, 0) is 14.4 Å². The summed E-state index contributed by atoms with van der Waals surface area (Å²) in [7, 11) is 0. The van der Waals surface area contributed by atoms with Crippen LogP contribution in [-0.4, -0.2) is 63.5 Å². The second-order valence-corrected chi connectivity index (χ2v) is 10.1. The molecule has 2 bridgehead atoms. The van der Waals surface area contributed by atoms with E-state index in [9.17, 15) is 19.5 Å². The number of β-amino-alcohol motifs (C(OH)–C–C–N with tert-alkyl or cyclic N) is 1. The second-order valence-electron chi connectivity index (χ2n) is 8.07. The van der Waals surface area contributed by atoms with E-state index >= 15 is 0 Å². The molecule has 9 heteroatoms. The summed E-state index contributed by atoms with van der Waals surface area (Å²) in [5, 5.41) is 15.8. The number of carbonyl (C=O) groups is 3. The minimum atomic E-state index is -0.752. The molecule has 30 heavy (non-hydrogen) atoms. The topological polar surface area (TPSA) is 98.7 Å². The first-order valence-electron chi connectivity index (χ1n) is 10.4. The number of rotatable bonds is 7. The quantitative estimate of drug-likeness (QED) is 0.588. The Kier molecular flexibility index (Phi) is 6.01. The number of halogens is 1. The highest BCUT2D eigenvalue weighted by molar-refractivity contribution is 8.02. The number of fused-ring (bicyclic) bond motifs is 1. The Morgan fingerprint density at radius 2 is 2.10 bits per heavy atom. The van der Waals surface area contributed by atoms with Gasteiger partial charge < -0.3 is 20.6 Å². The highest BCUT2D eigenvalue weighted by Gasteiger charge is 2.73. The molecular formula is C21H26ClN3O4S. The fourth-order valence-electron chi connectivity index (χ4n) is 5.23. The van der Waals surface area contributed by atoms with Gasteiger partial charge in [-0.3, -0.25) is 14.4 Å². The van der Waals surface area contributed by atoms with Gasteiger partial charge in [-0.15, -0.1) is 11.8 Å². The second kappa shape index (κ2) is 8.40. The van der Waals surface area contributed by atoms with Crippen LogP contribution in [0.5, 0.6) is 0 Å². The number of aliphatic hydroxyl groups is 1. The maximum absolute atomic E-state index is 13.4. The van der Waals surface area contributed by atoms with Crippen molar-refractivity contribution in [3.63, 3.8) is 0 Å². The van der Waals surface area contributed by atoms with Crippen LogP contribution in [0, 0.1) is 11.8 Å². The van der Waals surface area contributed by atoms with Crippen molar-refractivity contribution in [1.29, 1.82) is 0 Å². The van der Waals surface area contributed by atoms with Crippen LogP contribution in [0.25, 0.3) is 0 Å². The SMILES string of the molecule is CCCNC(=O)[C@@H]1[C@@H]2CCC3(S2)C(C(=O)Nc2ccccc2Cl)N(CCO)C(=O)[C@H]13. The number of likely N-dealkylation sites (tertiary alicyclic amines) is 1. The van der Waals surface area contributed by atoms with Crippen LogP contribution >= 0.6 is 23.4 Å². The summed E-state index contributed by atoms with van der Waals surface area (Å²) in [6.45, 7) is 2.37. The third-order valence-electron chi connectivity index (χ3n) is 6.37. The van der Waals surface area contributed by atoms with Gasteiger partial charge in [-0.25, -0.2) is 0 Å². The van der Waals surface area contributed by atoms with E-state index in [0.29, 0.717) is 23.7 Å². The molecule has 3 saturated heterocycles. The fourth-order valence-corrected chi connectivity index (χ4v) is 7.63. The lowest BCUT2D eigenvalue weighted by Gasteiger charge is -2.34. The van der Waals surface area contributed by atoms with Crippen molar-refractivity contribution in [3.05, 3.63) is 29.3 Å². The molecule has 3 N–H and O–H groups in total.